The molecule has 1 amide bonds. The van der Waals surface area contributed by atoms with E-state index in [2.05, 4.69) is 9.46 Å². The van der Waals surface area contributed by atoms with Crippen molar-refractivity contribution in [3.63, 3.8) is 0 Å². The number of alkyl halides is 2. The molecule has 0 rings (SSSR count). The maximum atomic E-state index is 11.4. The Morgan fingerprint density at radius 2 is 1.88 bits per heavy atom. The molecule has 9 heteroatoms. The number of rotatable bonds is 6. The first-order valence-electron chi connectivity index (χ1n) is 4.39. The third-order valence-electron chi connectivity index (χ3n) is 1.46. The number of hydrogen-bond acceptors (Lipinski definition) is 4. The highest BCUT2D eigenvalue weighted by atomic mass is 35.5. The second kappa shape index (κ2) is 6.48. The van der Waals surface area contributed by atoms with Gasteiger partial charge in [0.2, 0.25) is 0 Å². The average molecular weight is 293 g/mol. The van der Waals surface area contributed by atoms with Crippen LogP contribution in [0.3, 0.4) is 0 Å². The molecule has 0 aromatic heterocycles. The molecule has 2 N–H and O–H groups in total. The van der Waals surface area contributed by atoms with Crippen molar-refractivity contribution in [2.24, 2.45) is 0 Å². The van der Waals surface area contributed by atoms with Crippen LogP contribution in [0, 0.1) is 0 Å². The summed E-state index contributed by atoms with van der Waals surface area (Å²) in [4.78, 5) is 10.9. The summed E-state index contributed by atoms with van der Waals surface area (Å²) in [5, 5.41) is 0. The lowest BCUT2D eigenvalue weighted by Gasteiger charge is -2.25. The van der Waals surface area contributed by atoms with Gasteiger partial charge in [-0.25, -0.2) is 9.52 Å². The Morgan fingerprint density at radius 1 is 1.38 bits per heavy atom. The first-order chi connectivity index (χ1) is 7.28. The highest BCUT2D eigenvalue weighted by molar-refractivity contribution is 7.88. The van der Waals surface area contributed by atoms with Gasteiger partial charge in [-0.1, -0.05) is 0 Å². The van der Waals surface area contributed by atoms with E-state index in [1.807, 2.05) is 0 Å². The molecular formula is C7H14Cl2N2O4S. The number of halogens is 2. The average Bonchev–Trinajstić information content (AvgIpc) is 2.16. The van der Waals surface area contributed by atoms with Crippen LogP contribution in [0.2, 0.25) is 0 Å². The number of carbonyl (C=O) groups excluding carboxylic acids is 1. The summed E-state index contributed by atoms with van der Waals surface area (Å²) < 4.78 is 31.1. The largest absolute Gasteiger partial charge is 0.449 e. The van der Waals surface area contributed by atoms with E-state index >= 15 is 0 Å². The molecule has 0 saturated heterocycles. The molecule has 6 nitrogen and oxygen atoms in total. The Bertz CT molecular complexity index is 329. The highest BCUT2D eigenvalue weighted by Gasteiger charge is 2.29. The Morgan fingerprint density at radius 3 is 2.25 bits per heavy atom. The lowest BCUT2D eigenvalue weighted by molar-refractivity contribution is 0.158. The maximum Gasteiger partial charge on any atom is 0.421 e. The molecular weight excluding hydrogens is 279 g/mol. The summed E-state index contributed by atoms with van der Waals surface area (Å²) in [5.74, 6) is -0.0551. The van der Waals surface area contributed by atoms with Crippen LogP contribution in [-0.4, -0.2) is 38.4 Å². The molecule has 0 bridgehead atoms. The Hall–Kier alpha value is -0.240. The molecule has 0 aliphatic carbocycles. The highest BCUT2D eigenvalue weighted by Crippen LogP contribution is 2.09. The van der Waals surface area contributed by atoms with Gasteiger partial charge >= 0.3 is 16.3 Å². The molecule has 0 atom stereocenters. The topological polar surface area (TPSA) is 84.5 Å². The van der Waals surface area contributed by atoms with Crippen LogP contribution in [-0.2, 0) is 14.9 Å². The quantitative estimate of drug-likeness (QED) is 0.710. The van der Waals surface area contributed by atoms with Crippen molar-refractivity contribution in [3.8, 4) is 0 Å². The predicted molar refractivity (Wildman–Crippen MR) is 62.1 cm³/mol. The summed E-state index contributed by atoms with van der Waals surface area (Å²) in [6, 6.07) is 0. The van der Waals surface area contributed by atoms with Gasteiger partial charge in [0.25, 0.3) is 0 Å². The predicted octanol–water partition coefficient (Wildman–Crippen LogP) is 0.803. The molecule has 0 aliphatic heterocycles. The van der Waals surface area contributed by atoms with Crippen molar-refractivity contribution < 1.29 is 17.9 Å². The Labute approximate surface area is 105 Å². The molecule has 0 saturated carbocycles. The zero-order valence-electron chi connectivity index (χ0n) is 8.92. The molecule has 0 fully saturated rings. The minimum Gasteiger partial charge on any atom is -0.449 e. The van der Waals surface area contributed by atoms with E-state index in [9.17, 15) is 13.2 Å². The van der Waals surface area contributed by atoms with Crippen molar-refractivity contribution in [3.05, 3.63) is 0 Å². The second-order valence-electron chi connectivity index (χ2n) is 3.26. The van der Waals surface area contributed by atoms with Gasteiger partial charge in [0.15, 0.2) is 0 Å². The van der Waals surface area contributed by atoms with Crippen molar-refractivity contribution >= 4 is 39.5 Å². The van der Waals surface area contributed by atoms with Crippen LogP contribution >= 0.6 is 23.2 Å². The third kappa shape index (κ3) is 5.74. The van der Waals surface area contributed by atoms with Gasteiger partial charge in [-0.05, 0) is 13.8 Å². The Balaban J connectivity index is 4.52. The van der Waals surface area contributed by atoms with Gasteiger partial charge in [-0.2, -0.15) is 13.1 Å². The lowest BCUT2D eigenvalue weighted by atomic mass is 10.1. The lowest BCUT2D eigenvalue weighted by Crippen LogP contribution is -2.54. The molecule has 0 aliphatic rings. The van der Waals surface area contributed by atoms with E-state index in [-0.39, 0.29) is 18.4 Å². The van der Waals surface area contributed by atoms with Gasteiger partial charge < -0.3 is 4.74 Å². The van der Waals surface area contributed by atoms with Crippen molar-refractivity contribution in [1.82, 2.24) is 9.44 Å². The summed E-state index contributed by atoms with van der Waals surface area (Å²) >= 11 is 11.1. The first kappa shape index (κ1) is 15.8. The number of ether oxygens (including phenoxy) is 1. The first-order valence-corrected chi connectivity index (χ1v) is 6.94. The van der Waals surface area contributed by atoms with Crippen molar-refractivity contribution in [2.45, 2.75) is 19.4 Å². The SMILES string of the molecule is CCOC(=O)NS(=O)(=O)NC(C)(CCl)CCl. The molecule has 0 heterocycles. The normalized spacial score (nSPS) is 12.2. The summed E-state index contributed by atoms with van der Waals surface area (Å²) in [6.07, 6.45) is -1.05. The van der Waals surface area contributed by atoms with Gasteiger partial charge in [0.05, 0.1) is 12.1 Å². The van der Waals surface area contributed by atoms with E-state index in [0.29, 0.717) is 0 Å². The third-order valence-corrected chi connectivity index (χ3v) is 3.84. The van der Waals surface area contributed by atoms with Crippen LogP contribution in [0.5, 0.6) is 0 Å². The standard InChI is InChI=1S/C7H14Cl2N2O4S/c1-3-15-6(12)10-16(13,14)11-7(2,4-8)5-9/h11H,3-5H2,1-2H3,(H,10,12). The zero-order chi connectivity index (χ0) is 12.8. The van der Waals surface area contributed by atoms with Gasteiger partial charge in [0, 0.05) is 11.8 Å². The molecule has 96 valence electrons. The fourth-order valence-corrected chi connectivity index (χ4v) is 2.41. The molecule has 0 spiro atoms. The van der Waals surface area contributed by atoms with Crippen LogP contribution < -0.4 is 9.44 Å². The monoisotopic (exact) mass is 292 g/mol. The maximum absolute atomic E-state index is 11.4. The fourth-order valence-electron chi connectivity index (χ4n) is 0.710. The summed E-state index contributed by atoms with van der Waals surface area (Å²) in [5.41, 5.74) is -1.03. The smallest absolute Gasteiger partial charge is 0.421 e. The second-order valence-corrected chi connectivity index (χ2v) is 5.21. The summed E-state index contributed by atoms with van der Waals surface area (Å²) in [6.45, 7) is 3.14. The van der Waals surface area contributed by atoms with Crippen LogP contribution in [0.25, 0.3) is 0 Å². The van der Waals surface area contributed by atoms with E-state index < -0.39 is 21.8 Å². The number of carbonyl (C=O) groups is 1. The minimum atomic E-state index is -4.03. The van der Waals surface area contributed by atoms with Crippen LogP contribution in [0.4, 0.5) is 4.79 Å². The van der Waals surface area contributed by atoms with E-state index in [0.717, 1.165) is 0 Å². The number of nitrogens with one attached hydrogen (secondary N) is 2. The minimum absolute atomic E-state index is 0.0275. The van der Waals surface area contributed by atoms with Gasteiger partial charge in [0.1, 0.15) is 0 Å². The van der Waals surface area contributed by atoms with Gasteiger partial charge in [-0.15, -0.1) is 23.2 Å². The fraction of sp³-hybridized carbons (Fsp3) is 0.857. The molecule has 0 aromatic carbocycles. The molecule has 0 aromatic rings. The number of hydrogen-bond donors (Lipinski definition) is 2. The van der Waals surface area contributed by atoms with Crippen molar-refractivity contribution in [2.75, 3.05) is 18.4 Å². The van der Waals surface area contributed by atoms with E-state index in [1.54, 1.807) is 11.6 Å². The van der Waals surface area contributed by atoms with E-state index in [4.69, 9.17) is 23.2 Å². The molecule has 0 radical (unpaired) electrons. The van der Waals surface area contributed by atoms with Crippen LogP contribution in [0.15, 0.2) is 0 Å². The van der Waals surface area contributed by atoms with E-state index in [1.165, 1.54) is 6.92 Å². The zero-order valence-corrected chi connectivity index (χ0v) is 11.2. The summed E-state index contributed by atoms with van der Waals surface area (Å²) in [7, 11) is -4.03. The molecule has 0 unspecified atom stereocenters. The number of amides is 1. The Kier molecular flexibility index (Phi) is 6.39. The molecule has 16 heavy (non-hydrogen) atoms. The van der Waals surface area contributed by atoms with Crippen molar-refractivity contribution in [1.29, 1.82) is 0 Å². The van der Waals surface area contributed by atoms with Crippen LogP contribution in [0.1, 0.15) is 13.8 Å². The van der Waals surface area contributed by atoms with Gasteiger partial charge in [-0.3, -0.25) is 0 Å².